The fourth-order valence-electron chi connectivity index (χ4n) is 3.76. The van der Waals surface area contributed by atoms with Gasteiger partial charge in [0, 0.05) is 60.0 Å². The van der Waals surface area contributed by atoms with Gasteiger partial charge in [0.25, 0.3) is 0 Å². The van der Waals surface area contributed by atoms with Gasteiger partial charge in [-0.05, 0) is 30.2 Å². The normalized spacial score (nSPS) is 12.4. The number of hydrogen-bond donors (Lipinski definition) is 0. The van der Waals surface area contributed by atoms with Gasteiger partial charge < -0.3 is 9.30 Å². The first-order valence-electron chi connectivity index (χ1n) is 9.77. The van der Waals surface area contributed by atoms with E-state index in [1.807, 2.05) is 30.7 Å². The molecule has 0 N–H and O–H groups in total. The molecule has 0 saturated carbocycles. The highest BCUT2D eigenvalue weighted by Crippen LogP contribution is 2.31. The summed E-state index contributed by atoms with van der Waals surface area (Å²) in [7, 11) is 2.09. The number of benzene rings is 1. The fraction of sp³-hybridized carbons (Fsp3) is 0.250. The molecule has 4 aromatic rings. The molecule has 1 atom stereocenters. The summed E-state index contributed by atoms with van der Waals surface area (Å²) in [6.45, 7) is 5.98. The van der Waals surface area contributed by atoms with Crippen molar-refractivity contribution in [3.63, 3.8) is 0 Å². The molecule has 0 bridgehead atoms. The zero-order chi connectivity index (χ0) is 19.5. The number of hydrogen-bond acceptors (Lipinski definition) is 3. The zero-order valence-electron chi connectivity index (χ0n) is 16.4. The number of nitrogens with zero attached hydrogens (tertiary/aromatic N) is 3. The number of pyridine rings is 2. The standard InChI is InChI=1S/C24H25N3O/c1-4-6-19(7-5-2)28-24-11-9-18(15-26-24)17-8-10-20-21-16-25-13-12-22(21)27(3)23(20)14-17/h4,8-16,19H,1,5-7H2,2-3H3. The van der Waals surface area contributed by atoms with Crippen LogP contribution in [0.15, 0.2) is 67.6 Å². The van der Waals surface area contributed by atoms with Crippen LogP contribution in [0.2, 0.25) is 0 Å². The van der Waals surface area contributed by atoms with E-state index in [4.69, 9.17) is 4.74 Å². The topological polar surface area (TPSA) is 39.9 Å². The number of fused-ring (bicyclic) bond motifs is 3. The molecule has 0 saturated heterocycles. The minimum atomic E-state index is 0.140. The van der Waals surface area contributed by atoms with Crippen LogP contribution >= 0.6 is 0 Å². The molecule has 28 heavy (non-hydrogen) atoms. The van der Waals surface area contributed by atoms with Crippen molar-refractivity contribution >= 4 is 21.8 Å². The Morgan fingerprint density at radius 3 is 2.68 bits per heavy atom. The highest BCUT2D eigenvalue weighted by Gasteiger charge is 2.11. The van der Waals surface area contributed by atoms with Gasteiger partial charge >= 0.3 is 0 Å². The molecule has 4 nitrogen and oxygen atoms in total. The highest BCUT2D eigenvalue weighted by molar-refractivity contribution is 6.08. The summed E-state index contributed by atoms with van der Waals surface area (Å²) in [5.74, 6) is 0.667. The Morgan fingerprint density at radius 2 is 1.93 bits per heavy atom. The second-order valence-corrected chi connectivity index (χ2v) is 7.12. The number of rotatable bonds is 7. The molecule has 4 rings (SSSR count). The summed E-state index contributed by atoms with van der Waals surface area (Å²) in [6, 6.07) is 12.6. The lowest BCUT2D eigenvalue weighted by Crippen LogP contribution is -2.15. The lowest BCUT2D eigenvalue weighted by atomic mass is 10.1. The minimum absolute atomic E-state index is 0.140. The van der Waals surface area contributed by atoms with Crippen molar-refractivity contribution in [1.82, 2.24) is 14.5 Å². The smallest absolute Gasteiger partial charge is 0.213 e. The Labute approximate surface area is 165 Å². The summed E-state index contributed by atoms with van der Waals surface area (Å²) in [5, 5.41) is 2.40. The summed E-state index contributed by atoms with van der Waals surface area (Å²) in [5.41, 5.74) is 4.60. The Balaban J connectivity index is 1.64. The van der Waals surface area contributed by atoms with Gasteiger partial charge in [0.05, 0.1) is 5.52 Å². The van der Waals surface area contributed by atoms with Gasteiger partial charge in [0.1, 0.15) is 6.10 Å². The first-order chi connectivity index (χ1) is 13.7. The van der Waals surface area contributed by atoms with Crippen LogP contribution in [0.3, 0.4) is 0 Å². The molecule has 1 aromatic carbocycles. The lowest BCUT2D eigenvalue weighted by Gasteiger charge is -2.16. The van der Waals surface area contributed by atoms with Gasteiger partial charge in [-0.3, -0.25) is 4.98 Å². The van der Waals surface area contributed by atoms with Gasteiger partial charge in [0.15, 0.2) is 0 Å². The molecule has 1 unspecified atom stereocenters. The Morgan fingerprint density at radius 1 is 1.07 bits per heavy atom. The van der Waals surface area contributed by atoms with Gasteiger partial charge in [-0.15, -0.1) is 6.58 Å². The van der Waals surface area contributed by atoms with Crippen molar-refractivity contribution in [2.75, 3.05) is 0 Å². The molecule has 4 heteroatoms. The Kier molecular flexibility index (Phi) is 5.11. The van der Waals surface area contributed by atoms with Crippen LogP contribution in [0.4, 0.5) is 0 Å². The lowest BCUT2D eigenvalue weighted by molar-refractivity contribution is 0.185. The molecule has 3 heterocycles. The van der Waals surface area contributed by atoms with Gasteiger partial charge in [0.2, 0.25) is 5.88 Å². The van der Waals surface area contributed by atoms with Crippen LogP contribution in [-0.4, -0.2) is 20.6 Å². The molecule has 0 spiro atoms. The SMILES string of the molecule is C=CCC(CCC)Oc1ccc(-c2ccc3c4cnccc4n(C)c3c2)cn1. The summed E-state index contributed by atoms with van der Waals surface area (Å²) in [6.07, 6.45) is 10.6. The predicted molar refractivity (Wildman–Crippen MR) is 116 cm³/mol. The van der Waals surface area contributed by atoms with Crippen LogP contribution in [0.25, 0.3) is 32.9 Å². The maximum atomic E-state index is 6.02. The molecule has 0 aliphatic heterocycles. The molecule has 0 aliphatic carbocycles. The number of aromatic nitrogens is 3. The molecule has 142 valence electrons. The number of ether oxygens (including phenoxy) is 1. The molecule has 0 radical (unpaired) electrons. The zero-order valence-corrected chi connectivity index (χ0v) is 16.4. The maximum absolute atomic E-state index is 6.02. The van der Waals surface area contributed by atoms with E-state index in [1.165, 1.54) is 21.8 Å². The third-order valence-corrected chi connectivity index (χ3v) is 5.21. The third-order valence-electron chi connectivity index (χ3n) is 5.21. The molecule has 0 amide bonds. The minimum Gasteiger partial charge on any atom is -0.474 e. The average molecular weight is 371 g/mol. The Bertz CT molecular complexity index is 1110. The number of aryl methyl sites for hydroxylation is 1. The van der Waals surface area contributed by atoms with Crippen molar-refractivity contribution in [3.8, 4) is 17.0 Å². The molecule has 3 aromatic heterocycles. The maximum Gasteiger partial charge on any atom is 0.213 e. The summed E-state index contributed by atoms with van der Waals surface area (Å²) < 4.78 is 8.24. The second-order valence-electron chi connectivity index (χ2n) is 7.12. The van der Waals surface area contributed by atoms with Crippen LogP contribution in [-0.2, 0) is 7.05 Å². The predicted octanol–water partition coefficient (Wildman–Crippen LogP) is 5.91. The average Bonchev–Trinajstić information content (AvgIpc) is 3.01. The van der Waals surface area contributed by atoms with Crippen LogP contribution in [0.1, 0.15) is 26.2 Å². The van der Waals surface area contributed by atoms with E-state index in [9.17, 15) is 0 Å². The van der Waals surface area contributed by atoms with E-state index in [1.54, 1.807) is 0 Å². The second kappa shape index (κ2) is 7.85. The van der Waals surface area contributed by atoms with Crippen LogP contribution < -0.4 is 4.74 Å². The summed E-state index contributed by atoms with van der Waals surface area (Å²) >= 11 is 0. The first kappa shape index (κ1) is 18.2. The fourth-order valence-corrected chi connectivity index (χ4v) is 3.76. The van der Waals surface area contributed by atoms with Crippen LogP contribution in [0, 0.1) is 0 Å². The van der Waals surface area contributed by atoms with Gasteiger partial charge in [-0.1, -0.05) is 31.6 Å². The molecule has 0 fully saturated rings. The summed E-state index contributed by atoms with van der Waals surface area (Å²) in [4.78, 5) is 8.80. The molecular formula is C24H25N3O. The quantitative estimate of drug-likeness (QED) is 0.379. The molecule has 0 aliphatic rings. The largest absolute Gasteiger partial charge is 0.474 e. The third kappa shape index (κ3) is 3.38. The highest BCUT2D eigenvalue weighted by atomic mass is 16.5. The van der Waals surface area contributed by atoms with Crippen molar-refractivity contribution < 1.29 is 4.74 Å². The monoisotopic (exact) mass is 371 g/mol. The Hall–Kier alpha value is -3.14. The van der Waals surface area contributed by atoms with E-state index in [0.717, 1.165) is 30.4 Å². The van der Waals surface area contributed by atoms with Crippen molar-refractivity contribution in [2.24, 2.45) is 7.05 Å². The first-order valence-corrected chi connectivity index (χ1v) is 9.77. The van der Waals surface area contributed by atoms with Gasteiger partial charge in [-0.25, -0.2) is 4.98 Å². The van der Waals surface area contributed by atoms with E-state index >= 15 is 0 Å². The van der Waals surface area contributed by atoms with Crippen LogP contribution in [0.5, 0.6) is 5.88 Å². The van der Waals surface area contributed by atoms with Crippen molar-refractivity contribution in [1.29, 1.82) is 0 Å². The van der Waals surface area contributed by atoms with E-state index in [-0.39, 0.29) is 6.10 Å². The van der Waals surface area contributed by atoms with E-state index in [2.05, 4.69) is 65.4 Å². The molecular weight excluding hydrogens is 346 g/mol. The van der Waals surface area contributed by atoms with E-state index < -0.39 is 0 Å². The van der Waals surface area contributed by atoms with E-state index in [0.29, 0.717) is 5.88 Å². The van der Waals surface area contributed by atoms with Crippen molar-refractivity contribution in [2.45, 2.75) is 32.3 Å². The van der Waals surface area contributed by atoms with Crippen molar-refractivity contribution in [3.05, 3.63) is 67.6 Å². The van der Waals surface area contributed by atoms with Gasteiger partial charge in [-0.2, -0.15) is 0 Å².